The summed E-state index contributed by atoms with van der Waals surface area (Å²) in [7, 11) is 0. The second-order valence-corrected chi connectivity index (χ2v) is 7.80. The first-order valence-electron chi connectivity index (χ1n) is 9.74. The van der Waals surface area contributed by atoms with Crippen molar-refractivity contribution in [3.05, 3.63) is 84.4 Å². The minimum atomic E-state index is -1.74. The van der Waals surface area contributed by atoms with Crippen LogP contribution in [0.15, 0.2) is 77.7 Å². The molecule has 3 aromatic carbocycles. The van der Waals surface area contributed by atoms with E-state index in [1.807, 2.05) is 0 Å². The highest BCUT2D eigenvalue weighted by atomic mass is 32.2. The Kier molecular flexibility index (Phi) is 8.29. The zero-order chi connectivity index (χ0) is 22.9. The molecule has 0 heterocycles. The summed E-state index contributed by atoms with van der Waals surface area (Å²) in [6, 6.07) is 17.8. The molecule has 0 radical (unpaired) electrons. The lowest BCUT2D eigenvalue weighted by Gasteiger charge is -2.23. The van der Waals surface area contributed by atoms with E-state index in [2.05, 4.69) is 0 Å². The van der Waals surface area contributed by atoms with Crippen LogP contribution in [-0.4, -0.2) is 34.7 Å². The zero-order valence-electron chi connectivity index (χ0n) is 17.2. The molecule has 0 aliphatic carbocycles. The molecule has 0 fully saturated rings. The van der Waals surface area contributed by atoms with Crippen LogP contribution in [0.3, 0.4) is 0 Å². The topological polar surface area (TPSA) is 71.1 Å². The molecule has 0 aliphatic heterocycles. The first-order chi connectivity index (χ1) is 15.5. The summed E-state index contributed by atoms with van der Waals surface area (Å²) in [5, 5.41) is 0. The van der Waals surface area contributed by atoms with Gasteiger partial charge in [0.1, 0.15) is 53.4 Å². The lowest BCUT2D eigenvalue weighted by molar-refractivity contribution is 0.126. The summed E-state index contributed by atoms with van der Waals surface area (Å²) >= 11 is -1.74. The molecule has 3 rings (SSSR count). The summed E-state index contributed by atoms with van der Waals surface area (Å²) in [5.74, 6) is -0.611. The predicted octanol–water partition coefficient (Wildman–Crippen LogP) is 5.32. The number of hydrogen-bond acceptors (Lipinski definition) is 5. The van der Waals surface area contributed by atoms with E-state index in [0.29, 0.717) is 16.4 Å². The predicted molar refractivity (Wildman–Crippen MR) is 115 cm³/mol. The fourth-order valence-corrected chi connectivity index (χ4v) is 3.75. The van der Waals surface area contributed by atoms with Gasteiger partial charge in [-0.1, -0.05) is 18.2 Å². The van der Waals surface area contributed by atoms with Gasteiger partial charge in [-0.2, -0.15) is 0 Å². The van der Waals surface area contributed by atoms with Crippen LogP contribution in [0.4, 0.5) is 13.6 Å². The maximum Gasteiger partial charge on any atom is 0.452 e. The molecule has 0 aromatic heterocycles. The Morgan fingerprint density at radius 3 is 2.19 bits per heavy atom. The molecule has 0 aliphatic rings. The zero-order valence-corrected chi connectivity index (χ0v) is 18.0. The van der Waals surface area contributed by atoms with Crippen LogP contribution in [0.1, 0.15) is 6.92 Å². The fraction of sp³-hybridized carbons (Fsp3) is 0.174. The molecular weight excluding hydrogens is 440 g/mol. The van der Waals surface area contributed by atoms with Crippen LogP contribution in [0, 0.1) is 11.6 Å². The smallest absolute Gasteiger partial charge is 0.452 e. The summed E-state index contributed by atoms with van der Waals surface area (Å²) in [4.78, 5) is 12.7. The Balaban J connectivity index is 1.58. The lowest BCUT2D eigenvalue weighted by atomic mass is 10.3. The van der Waals surface area contributed by atoms with Crippen molar-refractivity contribution in [3.63, 3.8) is 0 Å². The van der Waals surface area contributed by atoms with Gasteiger partial charge in [0.25, 0.3) is 0 Å². The van der Waals surface area contributed by atoms with Crippen molar-refractivity contribution in [1.82, 2.24) is 4.31 Å². The number of halogens is 2. The minimum Gasteiger partial charge on any atom is -0.588 e. The second kappa shape index (κ2) is 11.4. The van der Waals surface area contributed by atoms with Crippen molar-refractivity contribution in [3.8, 4) is 17.2 Å². The fourth-order valence-electron chi connectivity index (χ4n) is 2.68. The molecule has 32 heavy (non-hydrogen) atoms. The van der Waals surface area contributed by atoms with E-state index in [9.17, 15) is 18.1 Å². The third-order valence-electron chi connectivity index (χ3n) is 4.08. The molecule has 0 bridgehead atoms. The van der Waals surface area contributed by atoms with Gasteiger partial charge in [-0.3, -0.25) is 0 Å². The highest BCUT2D eigenvalue weighted by Crippen LogP contribution is 2.25. The lowest BCUT2D eigenvalue weighted by Crippen LogP contribution is -2.40. The normalized spacial score (nSPS) is 11.5. The average molecular weight is 461 g/mol. The van der Waals surface area contributed by atoms with Crippen LogP contribution in [0.5, 0.6) is 17.2 Å². The third kappa shape index (κ3) is 6.60. The molecule has 0 spiro atoms. The van der Waals surface area contributed by atoms with E-state index < -0.39 is 29.1 Å². The molecule has 1 amide bonds. The van der Waals surface area contributed by atoms with E-state index >= 15 is 0 Å². The minimum absolute atomic E-state index is 0.0289. The van der Waals surface area contributed by atoms with Gasteiger partial charge in [0.15, 0.2) is 4.90 Å². The van der Waals surface area contributed by atoms with E-state index in [-0.39, 0.29) is 25.5 Å². The Morgan fingerprint density at radius 2 is 1.56 bits per heavy atom. The van der Waals surface area contributed by atoms with Gasteiger partial charge >= 0.3 is 6.09 Å². The summed E-state index contributed by atoms with van der Waals surface area (Å²) < 4.78 is 56.5. The molecule has 0 N–H and O–H groups in total. The molecule has 9 heteroatoms. The maximum atomic E-state index is 13.3. The van der Waals surface area contributed by atoms with Crippen molar-refractivity contribution in [2.24, 2.45) is 0 Å². The quantitative estimate of drug-likeness (QED) is 0.404. The molecule has 0 saturated carbocycles. The highest BCUT2D eigenvalue weighted by molar-refractivity contribution is 7.89. The molecule has 1 unspecified atom stereocenters. The first-order valence-corrected chi connectivity index (χ1v) is 10.8. The van der Waals surface area contributed by atoms with Crippen LogP contribution in [0.2, 0.25) is 0 Å². The highest BCUT2D eigenvalue weighted by Gasteiger charge is 2.29. The maximum absolute atomic E-state index is 13.3. The number of carbonyl (C=O) groups excluding carboxylic acids is 1. The number of nitrogens with zero attached hydrogens (tertiary/aromatic N) is 1. The van der Waals surface area contributed by atoms with E-state index in [0.717, 1.165) is 22.5 Å². The molecule has 168 valence electrons. The number of ether oxygens (including phenoxy) is 3. The summed E-state index contributed by atoms with van der Waals surface area (Å²) in [6.45, 7) is 1.91. The van der Waals surface area contributed by atoms with Gasteiger partial charge in [0.2, 0.25) is 0 Å². The van der Waals surface area contributed by atoms with Gasteiger partial charge in [-0.05, 0) is 43.3 Å². The van der Waals surface area contributed by atoms with Gasteiger partial charge in [-0.15, -0.1) is 4.31 Å². The van der Waals surface area contributed by atoms with Crippen LogP contribution < -0.4 is 9.47 Å². The Morgan fingerprint density at radius 1 is 0.938 bits per heavy atom. The van der Waals surface area contributed by atoms with Crippen molar-refractivity contribution in [1.29, 1.82) is 0 Å². The Hall–Kier alpha value is -3.30. The van der Waals surface area contributed by atoms with Crippen molar-refractivity contribution >= 4 is 17.5 Å². The van der Waals surface area contributed by atoms with Gasteiger partial charge in [-0.25, -0.2) is 13.6 Å². The van der Waals surface area contributed by atoms with Gasteiger partial charge in [0.05, 0.1) is 6.61 Å². The average Bonchev–Trinajstić information content (AvgIpc) is 2.77. The van der Waals surface area contributed by atoms with Crippen molar-refractivity contribution in [2.75, 3.05) is 19.8 Å². The molecular formula is C23H21F2NO5S. The molecule has 1 atom stereocenters. The van der Waals surface area contributed by atoms with Gasteiger partial charge in [0, 0.05) is 18.2 Å². The number of benzene rings is 3. The van der Waals surface area contributed by atoms with Crippen LogP contribution in [-0.2, 0) is 16.1 Å². The van der Waals surface area contributed by atoms with E-state index in [1.54, 1.807) is 61.5 Å². The van der Waals surface area contributed by atoms with E-state index in [4.69, 9.17) is 14.2 Å². The van der Waals surface area contributed by atoms with Crippen LogP contribution in [0.25, 0.3) is 0 Å². The van der Waals surface area contributed by atoms with E-state index in [1.165, 1.54) is 0 Å². The van der Waals surface area contributed by atoms with Crippen LogP contribution >= 0.6 is 0 Å². The van der Waals surface area contributed by atoms with Crippen molar-refractivity contribution in [2.45, 2.75) is 11.8 Å². The Bertz CT molecular complexity index is 1000. The van der Waals surface area contributed by atoms with Crippen molar-refractivity contribution < 1.29 is 32.3 Å². The Labute approximate surface area is 187 Å². The van der Waals surface area contributed by atoms with Gasteiger partial charge < -0.3 is 18.8 Å². The monoisotopic (exact) mass is 461 g/mol. The SMILES string of the molecule is CCOC(=O)N(CCOc1ccc(Oc2cc(F)cc(F)c2)cc1)[S+]([O-])c1ccccc1. The number of carbonyl (C=O) groups is 1. The molecule has 0 saturated heterocycles. The standard InChI is InChI=1S/C23H21F2NO5S/c1-2-29-23(27)26(32(28)22-6-4-3-5-7-22)12-13-30-19-8-10-20(11-9-19)31-21-15-17(24)14-18(25)16-21/h3-11,14-16H,2,12-13H2,1H3. The molecule has 3 aromatic rings. The molecule has 6 nitrogen and oxygen atoms in total. The summed E-state index contributed by atoms with van der Waals surface area (Å²) in [5.41, 5.74) is 0. The third-order valence-corrected chi connectivity index (χ3v) is 5.48. The largest absolute Gasteiger partial charge is 0.588 e. The first kappa shape index (κ1) is 23.4. The second-order valence-electron chi connectivity index (χ2n) is 6.39. The number of rotatable bonds is 9. The number of hydrogen-bond donors (Lipinski definition) is 0. The summed E-state index contributed by atoms with van der Waals surface area (Å²) in [6.07, 6.45) is -0.704. The number of amides is 1.